The molecule has 0 aromatic heterocycles. The number of rotatable bonds is 2. The van der Waals surface area contributed by atoms with E-state index in [1.54, 1.807) is 0 Å². The van der Waals surface area contributed by atoms with Crippen LogP contribution in [0.1, 0.15) is 26.2 Å². The van der Waals surface area contributed by atoms with E-state index in [9.17, 15) is 14.7 Å². The van der Waals surface area contributed by atoms with Crippen molar-refractivity contribution in [2.45, 2.75) is 44.4 Å². The molecule has 2 aliphatic rings. The summed E-state index contributed by atoms with van der Waals surface area (Å²) in [6, 6.07) is -1.19. The number of aliphatic hydroxyl groups excluding tert-OH is 1. The lowest BCUT2D eigenvalue weighted by atomic mass is 9.93. The first kappa shape index (κ1) is 13.3. The maximum Gasteiger partial charge on any atom is 0.326 e. The second-order valence-corrected chi connectivity index (χ2v) is 5.37. The molecule has 18 heavy (non-hydrogen) atoms. The van der Waals surface area contributed by atoms with Crippen molar-refractivity contribution in [3.05, 3.63) is 0 Å². The normalized spacial score (nSPS) is 36.7. The zero-order valence-corrected chi connectivity index (χ0v) is 10.5. The van der Waals surface area contributed by atoms with E-state index in [1.165, 1.54) is 4.90 Å². The van der Waals surface area contributed by atoms with Crippen LogP contribution in [0, 0.1) is 5.92 Å². The fourth-order valence-electron chi connectivity index (χ4n) is 2.79. The van der Waals surface area contributed by atoms with Crippen LogP contribution >= 0.6 is 0 Å². The van der Waals surface area contributed by atoms with Gasteiger partial charge in [-0.15, -0.1) is 0 Å². The van der Waals surface area contributed by atoms with Gasteiger partial charge in [-0.1, -0.05) is 6.92 Å². The molecule has 0 aliphatic carbocycles. The molecule has 3 N–H and O–H groups in total. The summed E-state index contributed by atoms with van der Waals surface area (Å²) in [6.07, 6.45) is 1.17. The number of aliphatic carboxylic acids is 1. The van der Waals surface area contributed by atoms with E-state index in [4.69, 9.17) is 5.11 Å². The predicted molar refractivity (Wildman–Crippen MR) is 63.9 cm³/mol. The number of nitrogens with one attached hydrogen (secondary N) is 1. The number of β-amino-alcohol motifs (C(OH)–C–C–N with tert-alkyl or cyclic N) is 1. The van der Waals surface area contributed by atoms with Crippen molar-refractivity contribution in [2.24, 2.45) is 5.92 Å². The third-order valence-corrected chi connectivity index (χ3v) is 3.81. The Morgan fingerprint density at radius 3 is 2.67 bits per heavy atom. The average molecular weight is 256 g/mol. The molecule has 0 aromatic rings. The second kappa shape index (κ2) is 5.24. The molecular weight excluding hydrogens is 236 g/mol. The Labute approximate surface area is 106 Å². The highest BCUT2D eigenvalue weighted by Gasteiger charge is 2.41. The summed E-state index contributed by atoms with van der Waals surface area (Å²) in [7, 11) is 0. The number of likely N-dealkylation sites (tertiary alicyclic amines) is 1. The zero-order valence-electron chi connectivity index (χ0n) is 10.5. The Morgan fingerprint density at radius 2 is 2.06 bits per heavy atom. The number of hydrogen-bond acceptors (Lipinski definition) is 4. The Balaban J connectivity index is 2.05. The SMILES string of the molecule is CC1CCNC(C(=O)N2C[C@@H](O)C[C@H]2C(=O)O)C1. The summed E-state index contributed by atoms with van der Waals surface area (Å²) < 4.78 is 0. The number of amides is 1. The summed E-state index contributed by atoms with van der Waals surface area (Å²) in [6.45, 7) is 3.00. The minimum absolute atomic E-state index is 0.127. The maximum atomic E-state index is 12.3. The van der Waals surface area contributed by atoms with Gasteiger partial charge in [0.25, 0.3) is 0 Å². The summed E-state index contributed by atoms with van der Waals surface area (Å²) in [4.78, 5) is 24.7. The highest BCUT2D eigenvalue weighted by molar-refractivity contribution is 5.87. The van der Waals surface area contributed by atoms with Gasteiger partial charge in [-0.2, -0.15) is 0 Å². The summed E-state index contributed by atoms with van der Waals surface area (Å²) in [5.41, 5.74) is 0. The average Bonchev–Trinajstić information content (AvgIpc) is 2.70. The van der Waals surface area contributed by atoms with E-state index in [0.29, 0.717) is 5.92 Å². The van der Waals surface area contributed by atoms with Gasteiger partial charge in [-0.05, 0) is 25.3 Å². The minimum atomic E-state index is -1.04. The largest absolute Gasteiger partial charge is 0.480 e. The minimum Gasteiger partial charge on any atom is -0.480 e. The topological polar surface area (TPSA) is 89.9 Å². The molecular formula is C12H20N2O4. The number of nitrogens with zero attached hydrogens (tertiary/aromatic N) is 1. The zero-order chi connectivity index (χ0) is 13.3. The van der Waals surface area contributed by atoms with Gasteiger partial charge in [0, 0.05) is 13.0 Å². The molecule has 0 spiro atoms. The van der Waals surface area contributed by atoms with Crippen molar-refractivity contribution in [3.63, 3.8) is 0 Å². The van der Waals surface area contributed by atoms with Crippen LogP contribution in [-0.2, 0) is 9.59 Å². The molecule has 2 fully saturated rings. The molecule has 1 amide bonds. The molecule has 2 rings (SSSR count). The van der Waals surface area contributed by atoms with E-state index in [-0.39, 0.29) is 24.9 Å². The van der Waals surface area contributed by atoms with Gasteiger partial charge in [-0.25, -0.2) is 4.79 Å². The standard InChI is InChI=1S/C12H20N2O4/c1-7-2-3-13-9(4-7)11(16)14-6-8(15)5-10(14)12(17)18/h7-10,13,15H,2-6H2,1H3,(H,17,18)/t7?,8-,9?,10-/m0/s1. The number of carboxylic acid groups (broad SMARTS) is 1. The van der Waals surface area contributed by atoms with Crippen LogP contribution in [-0.4, -0.2) is 58.3 Å². The van der Waals surface area contributed by atoms with Gasteiger partial charge < -0.3 is 20.4 Å². The third-order valence-electron chi connectivity index (χ3n) is 3.81. The summed E-state index contributed by atoms with van der Waals surface area (Å²) >= 11 is 0. The number of carboxylic acids is 1. The monoisotopic (exact) mass is 256 g/mol. The molecule has 102 valence electrons. The van der Waals surface area contributed by atoms with Gasteiger partial charge >= 0.3 is 5.97 Å². The van der Waals surface area contributed by atoms with Gasteiger partial charge in [0.2, 0.25) is 5.91 Å². The second-order valence-electron chi connectivity index (χ2n) is 5.37. The van der Waals surface area contributed by atoms with Crippen molar-refractivity contribution in [1.82, 2.24) is 10.2 Å². The highest BCUT2D eigenvalue weighted by atomic mass is 16.4. The Hall–Kier alpha value is -1.14. The van der Waals surface area contributed by atoms with E-state index in [0.717, 1.165) is 19.4 Å². The Kier molecular flexibility index (Phi) is 3.87. The molecule has 2 aliphatic heterocycles. The van der Waals surface area contributed by atoms with Crippen molar-refractivity contribution < 1.29 is 19.8 Å². The van der Waals surface area contributed by atoms with E-state index >= 15 is 0 Å². The fraction of sp³-hybridized carbons (Fsp3) is 0.833. The molecule has 2 heterocycles. The van der Waals surface area contributed by atoms with E-state index in [2.05, 4.69) is 12.2 Å². The molecule has 2 unspecified atom stereocenters. The lowest BCUT2D eigenvalue weighted by Crippen LogP contribution is -2.52. The van der Waals surface area contributed by atoms with Crippen LogP contribution in [0.25, 0.3) is 0 Å². The van der Waals surface area contributed by atoms with Crippen molar-refractivity contribution in [1.29, 1.82) is 0 Å². The van der Waals surface area contributed by atoms with Crippen LogP contribution < -0.4 is 5.32 Å². The molecule has 0 aromatic carbocycles. The first-order valence-electron chi connectivity index (χ1n) is 6.43. The van der Waals surface area contributed by atoms with Crippen LogP contribution in [0.15, 0.2) is 0 Å². The molecule has 6 heteroatoms. The highest BCUT2D eigenvalue weighted by Crippen LogP contribution is 2.23. The molecule has 0 bridgehead atoms. The van der Waals surface area contributed by atoms with Gasteiger partial charge in [-0.3, -0.25) is 4.79 Å². The number of hydrogen-bond donors (Lipinski definition) is 3. The lowest BCUT2D eigenvalue weighted by Gasteiger charge is -2.32. The van der Waals surface area contributed by atoms with Crippen molar-refractivity contribution in [3.8, 4) is 0 Å². The van der Waals surface area contributed by atoms with Crippen LogP contribution in [0.2, 0.25) is 0 Å². The Morgan fingerprint density at radius 1 is 1.33 bits per heavy atom. The number of aliphatic hydroxyl groups is 1. The summed E-state index contributed by atoms with van der Waals surface area (Å²) in [5, 5.41) is 21.8. The molecule has 0 radical (unpaired) electrons. The maximum absolute atomic E-state index is 12.3. The Bertz CT molecular complexity index is 347. The number of carbonyl (C=O) groups excluding carboxylic acids is 1. The predicted octanol–water partition coefficient (Wildman–Crippen LogP) is -0.579. The van der Waals surface area contributed by atoms with Crippen LogP contribution in [0.3, 0.4) is 0 Å². The summed E-state index contributed by atoms with van der Waals surface area (Å²) in [5.74, 6) is -0.759. The van der Waals surface area contributed by atoms with Crippen molar-refractivity contribution in [2.75, 3.05) is 13.1 Å². The number of carbonyl (C=O) groups is 2. The first-order chi connectivity index (χ1) is 8.49. The molecule has 0 saturated carbocycles. The molecule has 4 atom stereocenters. The third kappa shape index (κ3) is 2.64. The molecule has 6 nitrogen and oxygen atoms in total. The van der Waals surface area contributed by atoms with Gasteiger partial charge in [0.05, 0.1) is 12.1 Å². The first-order valence-corrected chi connectivity index (χ1v) is 6.43. The van der Waals surface area contributed by atoms with Gasteiger partial charge in [0.15, 0.2) is 0 Å². The van der Waals surface area contributed by atoms with Crippen LogP contribution in [0.5, 0.6) is 0 Å². The molecule has 2 saturated heterocycles. The van der Waals surface area contributed by atoms with Crippen molar-refractivity contribution >= 4 is 11.9 Å². The lowest BCUT2D eigenvalue weighted by molar-refractivity contribution is -0.149. The van der Waals surface area contributed by atoms with Gasteiger partial charge in [0.1, 0.15) is 6.04 Å². The van der Waals surface area contributed by atoms with E-state index < -0.39 is 18.1 Å². The number of piperidine rings is 1. The quantitative estimate of drug-likeness (QED) is 0.615. The van der Waals surface area contributed by atoms with Crippen LogP contribution in [0.4, 0.5) is 0 Å². The van der Waals surface area contributed by atoms with E-state index in [1.807, 2.05) is 0 Å². The fourth-order valence-corrected chi connectivity index (χ4v) is 2.79. The smallest absolute Gasteiger partial charge is 0.326 e.